The molecule has 1 nitrogen and oxygen atoms in total. The van der Waals surface area contributed by atoms with E-state index in [1.165, 1.54) is 5.56 Å². The van der Waals surface area contributed by atoms with Crippen molar-refractivity contribution in [1.29, 1.82) is 0 Å². The highest BCUT2D eigenvalue weighted by Gasteiger charge is 2.07. The summed E-state index contributed by atoms with van der Waals surface area (Å²) in [5, 5.41) is 4.89. The van der Waals surface area contributed by atoms with Crippen molar-refractivity contribution in [2.45, 2.75) is 19.5 Å². The molecule has 0 aliphatic heterocycles. The maximum Gasteiger partial charge on any atom is 0.0451 e. The van der Waals surface area contributed by atoms with Crippen molar-refractivity contribution >= 4 is 39.1 Å². The molecule has 1 atom stereocenters. The molecule has 2 aromatic rings. The van der Waals surface area contributed by atoms with Crippen LogP contribution < -0.4 is 5.32 Å². The van der Waals surface area contributed by atoms with Crippen LogP contribution >= 0.6 is 39.1 Å². The summed E-state index contributed by atoms with van der Waals surface area (Å²) in [6.07, 6.45) is 0. The Morgan fingerprint density at radius 2 is 1.95 bits per heavy atom. The first-order chi connectivity index (χ1) is 9.06. The lowest BCUT2D eigenvalue weighted by atomic mass is 10.1. The van der Waals surface area contributed by atoms with Crippen LogP contribution in [0.4, 0.5) is 0 Å². The normalized spacial score (nSPS) is 12.4. The van der Waals surface area contributed by atoms with Crippen LogP contribution in [0.5, 0.6) is 0 Å². The van der Waals surface area contributed by atoms with E-state index >= 15 is 0 Å². The maximum absolute atomic E-state index is 6.14. The van der Waals surface area contributed by atoms with Gasteiger partial charge in [0.05, 0.1) is 0 Å². The second kappa shape index (κ2) is 6.76. The lowest BCUT2D eigenvalue weighted by Crippen LogP contribution is -2.18. The Labute approximate surface area is 132 Å². The van der Waals surface area contributed by atoms with Crippen LogP contribution in [-0.4, -0.2) is 0 Å². The zero-order valence-corrected chi connectivity index (χ0v) is 13.6. The quantitative estimate of drug-likeness (QED) is 0.749. The van der Waals surface area contributed by atoms with Crippen molar-refractivity contribution in [2.75, 3.05) is 0 Å². The van der Waals surface area contributed by atoms with Crippen molar-refractivity contribution in [3.63, 3.8) is 0 Å². The summed E-state index contributed by atoms with van der Waals surface area (Å²) < 4.78 is 1.08. The Morgan fingerprint density at radius 1 is 1.16 bits per heavy atom. The highest BCUT2D eigenvalue weighted by Crippen LogP contribution is 2.22. The first-order valence-electron chi connectivity index (χ1n) is 5.99. The predicted octanol–water partition coefficient (Wildman–Crippen LogP) is 5.61. The molecule has 0 amide bonds. The van der Waals surface area contributed by atoms with Gasteiger partial charge in [0.15, 0.2) is 0 Å². The van der Waals surface area contributed by atoms with Gasteiger partial charge in [0.25, 0.3) is 0 Å². The third kappa shape index (κ3) is 4.22. The standard InChI is InChI=1S/C15H14BrCl2N/c1-10(11-3-2-4-13(16)7-11)19-9-12-8-14(17)5-6-15(12)18/h2-8,10,19H,9H2,1H3/t10-/m0/s1. The molecule has 0 saturated carbocycles. The summed E-state index contributed by atoms with van der Waals surface area (Å²) in [6.45, 7) is 2.81. The van der Waals surface area contributed by atoms with Gasteiger partial charge in [0, 0.05) is 27.1 Å². The first kappa shape index (κ1) is 14.9. The molecule has 2 rings (SSSR count). The molecule has 2 aromatic carbocycles. The molecule has 0 spiro atoms. The molecule has 0 saturated heterocycles. The molecule has 0 heterocycles. The molecule has 0 aliphatic carbocycles. The van der Waals surface area contributed by atoms with Gasteiger partial charge in [-0.05, 0) is 48.4 Å². The third-order valence-electron chi connectivity index (χ3n) is 2.96. The molecule has 0 fully saturated rings. The number of benzene rings is 2. The number of rotatable bonds is 4. The minimum absolute atomic E-state index is 0.243. The van der Waals surface area contributed by atoms with Gasteiger partial charge in [-0.15, -0.1) is 0 Å². The molecular formula is C15H14BrCl2N. The average molecular weight is 359 g/mol. The van der Waals surface area contributed by atoms with E-state index in [0.717, 1.165) is 15.1 Å². The fourth-order valence-corrected chi connectivity index (χ4v) is 2.63. The van der Waals surface area contributed by atoms with Crippen LogP contribution in [0.15, 0.2) is 46.9 Å². The van der Waals surface area contributed by atoms with E-state index in [4.69, 9.17) is 23.2 Å². The summed E-state index contributed by atoms with van der Waals surface area (Å²) in [5.41, 5.74) is 2.24. The van der Waals surface area contributed by atoms with E-state index in [0.29, 0.717) is 11.6 Å². The van der Waals surface area contributed by atoms with E-state index < -0.39 is 0 Å². The third-order valence-corrected chi connectivity index (χ3v) is 4.05. The average Bonchev–Trinajstić information content (AvgIpc) is 2.39. The Hall–Kier alpha value is -0.540. The van der Waals surface area contributed by atoms with Gasteiger partial charge < -0.3 is 5.32 Å². The largest absolute Gasteiger partial charge is 0.306 e. The summed E-state index contributed by atoms with van der Waals surface area (Å²) in [5.74, 6) is 0. The van der Waals surface area contributed by atoms with E-state index in [-0.39, 0.29) is 6.04 Å². The Morgan fingerprint density at radius 3 is 2.68 bits per heavy atom. The van der Waals surface area contributed by atoms with Crippen LogP contribution in [0.25, 0.3) is 0 Å². The van der Waals surface area contributed by atoms with Gasteiger partial charge in [-0.25, -0.2) is 0 Å². The molecule has 19 heavy (non-hydrogen) atoms. The summed E-state index contributed by atoms with van der Waals surface area (Å²) in [4.78, 5) is 0. The highest BCUT2D eigenvalue weighted by molar-refractivity contribution is 9.10. The topological polar surface area (TPSA) is 12.0 Å². The molecular weight excluding hydrogens is 345 g/mol. The van der Waals surface area contributed by atoms with Crippen LogP contribution in [0.2, 0.25) is 10.0 Å². The summed E-state index contributed by atoms with van der Waals surface area (Å²) in [7, 11) is 0. The number of nitrogens with one attached hydrogen (secondary N) is 1. The van der Waals surface area contributed by atoms with Gasteiger partial charge in [0.1, 0.15) is 0 Å². The van der Waals surface area contributed by atoms with Crippen LogP contribution in [0, 0.1) is 0 Å². The predicted molar refractivity (Wildman–Crippen MR) is 85.9 cm³/mol. The van der Waals surface area contributed by atoms with Crippen molar-refractivity contribution in [1.82, 2.24) is 5.32 Å². The lowest BCUT2D eigenvalue weighted by molar-refractivity contribution is 0.574. The summed E-state index contributed by atoms with van der Waals surface area (Å²) in [6, 6.07) is 14.0. The van der Waals surface area contributed by atoms with Crippen LogP contribution in [-0.2, 0) is 6.54 Å². The molecule has 1 N–H and O–H groups in total. The second-order valence-corrected chi connectivity index (χ2v) is 6.15. The van der Waals surface area contributed by atoms with E-state index in [2.05, 4.69) is 40.3 Å². The minimum Gasteiger partial charge on any atom is -0.306 e. The van der Waals surface area contributed by atoms with Gasteiger partial charge in [-0.1, -0.05) is 51.3 Å². The van der Waals surface area contributed by atoms with Crippen molar-refractivity contribution in [2.24, 2.45) is 0 Å². The molecule has 0 aromatic heterocycles. The zero-order chi connectivity index (χ0) is 13.8. The second-order valence-electron chi connectivity index (χ2n) is 4.39. The smallest absolute Gasteiger partial charge is 0.0451 e. The minimum atomic E-state index is 0.243. The fraction of sp³-hybridized carbons (Fsp3) is 0.200. The number of hydrogen-bond donors (Lipinski definition) is 1. The molecule has 0 aliphatic rings. The zero-order valence-electron chi connectivity index (χ0n) is 10.5. The fourth-order valence-electron chi connectivity index (χ4n) is 1.84. The van der Waals surface area contributed by atoms with E-state index in [1.807, 2.05) is 24.3 Å². The van der Waals surface area contributed by atoms with Crippen molar-refractivity contribution < 1.29 is 0 Å². The highest BCUT2D eigenvalue weighted by atomic mass is 79.9. The monoisotopic (exact) mass is 357 g/mol. The van der Waals surface area contributed by atoms with E-state index in [9.17, 15) is 0 Å². The maximum atomic E-state index is 6.14. The molecule has 100 valence electrons. The van der Waals surface area contributed by atoms with Gasteiger partial charge >= 0.3 is 0 Å². The van der Waals surface area contributed by atoms with E-state index in [1.54, 1.807) is 6.07 Å². The Kier molecular flexibility index (Phi) is 5.28. The molecule has 4 heteroatoms. The van der Waals surface area contributed by atoms with Gasteiger partial charge in [-0.3, -0.25) is 0 Å². The van der Waals surface area contributed by atoms with Crippen LogP contribution in [0.3, 0.4) is 0 Å². The SMILES string of the molecule is C[C@H](NCc1cc(Cl)ccc1Cl)c1cccc(Br)c1. The molecule has 0 radical (unpaired) electrons. The first-order valence-corrected chi connectivity index (χ1v) is 7.54. The number of halogens is 3. The van der Waals surface area contributed by atoms with Crippen molar-refractivity contribution in [3.05, 3.63) is 68.1 Å². The van der Waals surface area contributed by atoms with Crippen LogP contribution in [0.1, 0.15) is 24.1 Å². The number of hydrogen-bond acceptors (Lipinski definition) is 1. The van der Waals surface area contributed by atoms with Gasteiger partial charge in [0.2, 0.25) is 0 Å². The Balaban J connectivity index is 2.04. The van der Waals surface area contributed by atoms with Crippen molar-refractivity contribution in [3.8, 4) is 0 Å². The summed E-state index contributed by atoms with van der Waals surface area (Å²) >= 11 is 15.6. The molecule has 0 unspecified atom stereocenters. The Bertz CT molecular complexity index is 572. The van der Waals surface area contributed by atoms with Gasteiger partial charge in [-0.2, -0.15) is 0 Å². The molecule has 0 bridgehead atoms. The lowest BCUT2D eigenvalue weighted by Gasteiger charge is -2.15.